The minimum absolute atomic E-state index is 0.141. The van der Waals surface area contributed by atoms with Crippen molar-refractivity contribution in [2.75, 3.05) is 13.2 Å². The third-order valence-corrected chi connectivity index (χ3v) is 4.11. The maximum absolute atomic E-state index is 10.5. The summed E-state index contributed by atoms with van der Waals surface area (Å²) in [5.41, 5.74) is 0.968. The monoisotopic (exact) mass is 271 g/mol. The number of phenolic OH excluding ortho intramolecular Hbond substituents is 1. The molecule has 2 aromatic carbocycles. The molecule has 2 N–H and O–H groups in total. The number of benzene rings is 2. The lowest BCUT2D eigenvalue weighted by atomic mass is 9.99. The number of ether oxygens (including phenoxy) is 1. The van der Waals surface area contributed by atoms with Crippen molar-refractivity contribution >= 4 is 10.8 Å². The molecule has 0 radical (unpaired) electrons. The predicted octanol–water partition coefficient (Wildman–Crippen LogP) is 3.38. The summed E-state index contributed by atoms with van der Waals surface area (Å²) in [6, 6.07) is 12.7. The van der Waals surface area contributed by atoms with Crippen LogP contribution in [0.2, 0.25) is 0 Å². The summed E-state index contributed by atoms with van der Waals surface area (Å²) in [7, 11) is 0. The van der Waals surface area contributed by atoms with Gasteiger partial charge in [0.15, 0.2) is 0 Å². The average molecular weight is 271 g/mol. The Morgan fingerprint density at radius 1 is 1.15 bits per heavy atom. The van der Waals surface area contributed by atoms with Crippen LogP contribution in [0.15, 0.2) is 36.4 Å². The van der Waals surface area contributed by atoms with Gasteiger partial charge in [0.05, 0.1) is 0 Å². The minimum atomic E-state index is 0.141. The van der Waals surface area contributed by atoms with Crippen LogP contribution in [-0.4, -0.2) is 24.4 Å². The van der Waals surface area contributed by atoms with Crippen LogP contribution in [0.5, 0.6) is 5.75 Å². The second-order valence-electron chi connectivity index (χ2n) is 5.50. The SMILES string of the molecule is CC(NC1CCOCC1)c1ccc2ccccc2c1O. The van der Waals surface area contributed by atoms with E-state index in [0.29, 0.717) is 11.8 Å². The highest BCUT2D eigenvalue weighted by molar-refractivity contribution is 5.89. The summed E-state index contributed by atoms with van der Waals surface area (Å²) < 4.78 is 5.38. The number of phenols is 1. The largest absolute Gasteiger partial charge is 0.507 e. The van der Waals surface area contributed by atoms with Crippen LogP contribution in [0.25, 0.3) is 10.8 Å². The lowest BCUT2D eigenvalue weighted by Gasteiger charge is -2.27. The van der Waals surface area contributed by atoms with E-state index in [1.54, 1.807) is 0 Å². The molecule has 1 atom stereocenters. The fourth-order valence-electron chi connectivity index (χ4n) is 2.93. The van der Waals surface area contributed by atoms with E-state index in [1.807, 2.05) is 30.3 Å². The van der Waals surface area contributed by atoms with Crippen LogP contribution in [0.4, 0.5) is 0 Å². The number of hydrogen-bond acceptors (Lipinski definition) is 3. The summed E-state index contributed by atoms with van der Waals surface area (Å²) in [6.07, 6.45) is 2.08. The minimum Gasteiger partial charge on any atom is -0.507 e. The fourth-order valence-corrected chi connectivity index (χ4v) is 2.93. The molecule has 1 fully saturated rings. The van der Waals surface area contributed by atoms with E-state index < -0.39 is 0 Å². The number of nitrogens with one attached hydrogen (secondary N) is 1. The van der Waals surface area contributed by atoms with Gasteiger partial charge < -0.3 is 15.2 Å². The quantitative estimate of drug-likeness (QED) is 0.899. The molecule has 20 heavy (non-hydrogen) atoms. The molecule has 0 aliphatic carbocycles. The van der Waals surface area contributed by atoms with Gasteiger partial charge in [0.25, 0.3) is 0 Å². The van der Waals surface area contributed by atoms with Crippen LogP contribution < -0.4 is 5.32 Å². The average Bonchev–Trinajstić information content (AvgIpc) is 2.49. The number of fused-ring (bicyclic) bond motifs is 1. The number of hydrogen-bond donors (Lipinski definition) is 2. The van der Waals surface area contributed by atoms with E-state index in [4.69, 9.17) is 4.74 Å². The smallest absolute Gasteiger partial charge is 0.128 e. The van der Waals surface area contributed by atoms with Crippen molar-refractivity contribution in [1.82, 2.24) is 5.32 Å². The molecule has 2 aromatic rings. The maximum atomic E-state index is 10.5. The molecule has 1 aliphatic rings. The molecule has 0 saturated carbocycles. The van der Waals surface area contributed by atoms with E-state index in [9.17, 15) is 5.11 Å². The Labute approximate surface area is 119 Å². The summed E-state index contributed by atoms with van der Waals surface area (Å²) in [6.45, 7) is 3.77. The van der Waals surface area contributed by atoms with Gasteiger partial charge in [0.1, 0.15) is 5.75 Å². The Kier molecular flexibility index (Phi) is 3.90. The first-order valence-electron chi connectivity index (χ1n) is 7.30. The molecule has 0 spiro atoms. The lowest BCUT2D eigenvalue weighted by molar-refractivity contribution is 0.0754. The van der Waals surface area contributed by atoms with E-state index >= 15 is 0 Å². The van der Waals surface area contributed by atoms with Gasteiger partial charge in [-0.15, -0.1) is 0 Å². The summed E-state index contributed by atoms with van der Waals surface area (Å²) in [4.78, 5) is 0. The van der Waals surface area contributed by atoms with Gasteiger partial charge in [-0.3, -0.25) is 0 Å². The number of rotatable bonds is 3. The predicted molar refractivity (Wildman–Crippen MR) is 81.0 cm³/mol. The van der Waals surface area contributed by atoms with Crippen molar-refractivity contribution in [3.63, 3.8) is 0 Å². The first-order valence-corrected chi connectivity index (χ1v) is 7.30. The highest BCUT2D eigenvalue weighted by Gasteiger charge is 2.19. The molecular weight excluding hydrogens is 250 g/mol. The first kappa shape index (κ1) is 13.4. The highest BCUT2D eigenvalue weighted by atomic mass is 16.5. The van der Waals surface area contributed by atoms with E-state index in [-0.39, 0.29) is 6.04 Å². The third-order valence-electron chi connectivity index (χ3n) is 4.11. The molecule has 0 bridgehead atoms. The highest BCUT2D eigenvalue weighted by Crippen LogP contribution is 2.32. The van der Waals surface area contributed by atoms with Gasteiger partial charge in [-0.25, -0.2) is 0 Å². The maximum Gasteiger partial charge on any atom is 0.128 e. The number of aromatic hydroxyl groups is 1. The molecule has 106 valence electrons. The van der Waals surface area contributed by atoms with Crippen molar-refractivity contribution in [2.45, 2.75) is 31.8 Å². The molecule has 3 nitrogen and oxygen atoms in total. The van der Waals surface area contributed by atoms with Crippen molar-refractivity contribution < 1.29 is 9.84 Å². The Balaban J connectivity index is 1.83. The zero-order valence-corrected chi connectivity index (χ0v) is 11.8. The van der Waals surface area contributed by atoms with Gasteiger partial charge in [0, 0.05) is 36.2 Å². The lowest BCUT2D eigenvalue weighted by Crippen LogP contribution is -2.36. The van der Waals surface area contributed by atoms with E-state index in [0.717, 1.165) is 42.4 Å². The van der Waals surface area contributed by atoms with Crippen LogP contribution >= 0.6 is 0 Å². The molecule has 0 aromatic heterocycles. The first-order chi connectivity index (χ1) is 9.75. The van der Waals surface area contributed by atoms with Crippen molar-refractivity contribution in [1.29, 1.82) is 0 Å². The molecule has 0 amide bonds. The van der Waals surface area contributed by atoms with Crippen molar-refractivity contribution in [3.05, 3.63) is 42.0 Å². The van der Waals surface area contributed by atoms with Crippen LogP contribution in [0.1, 0.15) is 31.4 Å². The van der Waals surface area contributed by atoms with Gasteiger partial charge in [0.2, 0.25) is 0 Å². The molecule has 1 unspecified atom stereocenters. The van der Waals surface area contributed by atoms with Gasteiger partial charge in [-0.05, 0) is 25.2 Å². The molecule has 3 rings (SSSR count). The Morgan fingerprint density at radius 3 is 2.70 bits per heavy atom. The van der Waals surface area contributed by atoms with E-state index in [2.05, 4.69) is 18.3 Å². The zero-order valence-electron chi connectivity index (χ0n) is 11.8. The summed E-state index contributed by atoms with van der Waals surface area (Å²) >= 11 is 0. The second-order valence-corrected chi connectivity index (χ2v) is 5.50. The Bertz CT molecular complexity index is 591. The topological polar surface area (TPSA) is 41.5 Å². The Morgan fingerprint density at radius 2 is 1.90 bits per heavy atom. The fraction of sp³-hybridized carbons (Fsp3) is 0.412. The summed E-state index contributed by atoms with van der Waals surface area (Å²) in [5.74, 6) is 0.398. The molecule has 1 heterocycles. The van der Waals surface area contributed by atoms with Crippen molar-refractivity contribution in [2.24, 2.45) is 0 Å². The molecule has 3 heteroatoms. The third kappa shape index (κ3) is 2.65. The van der Waals surface area contributed by atoms with E-state index in [1.165, 1.54) is 0 Å². The molecule has 1 aliphatic heterocycles. The second kappa shape index (κ2) is 5.81. The molecular formula is C17H21NO2. The van der Waals surface area contributed by atoms with Crippen LogP contribution in [0.3, 0.4) is 0 Å². The van der Waals surface area contributed by atoms with Crippen LogP contribution in [0, 0.1) is 0 Å². The van der Waals surface area contributed by atoms with Gasteiger partial charge in [-0.1, -0.05) is 36.4 Å². The van der Waals surface area contributed by atoms with Gasteiger partial charge >= 0.3 is 0 Å². The zero-order chi connectivity index (χ0) is 13.9. The summed E-state index contributed by atoms with van der Waals surface area (Å²) in [5, 5.41) is 16.1. The molecule has 1 saturated heterocycles. The van der Waals surface area contributed by atoms with Crippen LogP contribution in [-0.2, 0) is 4.74 Å². The van der Waals surface area contributed by atoms with Gasteiger partial charge in [-0.2, -0.15) is 0 Å². The normalized spacial score (nSPS) is 18.2. The van der Waals surface area contributed by atoms with Crippen molar-refractivity contribution in [3.8, 4) is 5.75 Å². The Hall–Kier alpha value is -1.58. The standard InChI is InChI=1S/C17H21NO2/c1-12(18-14-8-10-20-11-9-14)15-7-6-13-4-2-3-5-16(13)17(15)19/h2-7,12,14,18-19H,8-11H2,1H3.